The number of carbonyl (C=O) groups excluding carboxylic acids is 3. The highest BCUT2D eigenvalue weighted by atomic mass is 35.5. The molecule has 1 heterocycles. The molecule has 0 aromatic heterocycles. The number of benzene rings is 2. The Hall–Kier alpha value is -3.57. The Morgan fingerprint density at radius 1 is 1.26 bits per heavy atom. The molecule has 2 unspecified atom stereocenters. The first kappa shape index (κ1) is 26.0. The molecular weight excluding hydrogens is 470 g/mol. The zero-order valence-corrected chi connectivity index (χ0v) is 20.5. The van der Waals surface area contributed by atoms with Crippen molar-refractivity contribution in [2.24, 2.45) is 5.92 Å². The molecule has 1 N–H and O–H groups in total. The van der Waals surface area contributed by atoms with Crippen molar-refractivity contribution in [3.63, 3.8) is 0 Å². The van der Waals surface area contributed by atoms with Gasteiger partial charge in [-0.25, -0.2) is 0 Å². The number of unbranched alkanes of at least 4 members (excludes halogenated alkanes) is 1. The molecule has 3 rings (SSSR count). The molecule has 184 valence electrons. The van der Waals surface area contributed by atoms with E-state index in [4.69, 9.17) is 26.3 Å². The van der Waals surface area contributed by atoms with Crippen LogP contribution >= 0.6 is 11.6 Å². The van der Waals surface area contributed by atoms with E-state index in [0.717, 1.165) is 18.4 Å². The molecule has 0 bridgehead atoms. The normalized spacial score (nSPS) is 17.4. The van der Waals surface area contributed by atoms with Gasteiger partial charge in [0.05, 0.1) is 29.7 Å². The SMILES string of the molecule is CCCCN1C(=O)CCC(C(=O)OCC(=O)Nc2ccc(C#N)c(Cl)c2)C1c1ccccc1OC. The maximum absolute atomic E-state index is 13.2. The second-order valence-corrected chi connectivity index (χ2v) is 8.64. The van der Waals surface area contributed by atoms with Gasteiger partial charge in [-0.2, -0.15) is 5.26 Å². The third-order valence-corrected chi connectivity index (χ3v) is 6.25. The lowest BCUT2D eigenvalue weighted by atomic mass is 9.83. The van der Waals surface area contributed by atoms with Crippen LogP contribution in [0.5, 0.6) is 5.75 Å². The number of amides is 2. The van der Waals surface area contributed by atoms with Crippen LogP contribution in [-0.2, 0) is 19.1 Å². The molecule has 0 spiro atoms. The molecule has 2 amide bonds. The number of hydrogen-bond donors (Lipinski definition) is 1. The Balaban J connectivity index is 1.75. The van der Waals surface area contributed by atoms with E-state index in [1.807, 2.05) is 31.2 Å². The van der Waals surface area contributed by atoms with Crippen molar-refractivity contribution in [1.29, 1.82) is 5.26 Å². The monoisotopic (exact) mass is 497 g/mol. The Morgan fingerprint density at radius 3 is 2.71 bits per heavy atom. The van der Waals surface area contributed by atoms with Crippen molar-refractivity contribution in [3.05, 3.63) is 58.6 Å². The van der Waals surface area contributed by atoms with Gasteiger partial charge in [-0.05, 0) is 37.1 Å². The summed E-state index contributed by atoms with van der Waals surface area (Å²) in [5, 5.41) is 11.8. The molecule has 35 heavy (non-hydrogen) atoms. The number of hydrogen-bond acceptors (Lipinski definition) is 6. The number of piperidine rings is 1. The van der Waals surface area contributed by atoms with Crippen LogP contribution in [0.1, 0.15) is 49.8 Å². The van der Waals surface area contributed by atoms with Crippen LogP contribution < -0.4 is 10.1 Å². The summed E-state index contributed by atoms with van der Waals surface area (Å²) in [6.07, 6.45) is 2.24. The predicted octanol–water partition coefficient (Wildman–Crippen LogP) is 4.48. The lowest BCUT2D eigenvalue weighted by Gasteiger charge is -2.40. The number of esters is 1. The molecule has 9 heteroatoms. The van der Waals surface area contributed by atoms with Gasteiger partial charge in [0.25, 0.3) is 5.91 Å². The molecule has 2 aromatic carbocycles. The van der Waals surface area contributed by atoms with Crippen LogP contribution in [0.25, 0.3) is 0 Å². The zero-order valence-electron chi connectivity index (χ0n) is 19.8. The van der Waals surface area contributed by atoms with Crippen molar-refractivity contribution in [1.82, 2.24) is 4.90 Å². The van der Waals surface area contributed by atoms with Crippen molar-refractivity contribution in [3.8, 4) is 11.8 Å². The lowest BCUT2D eigenvalue weighted by Crippen LogP contribution is -2.46. The number of nitriles is 1. The van der Waals surface area contributed by atoms with Crippen LogP contribution in [0.4, 0.5) is 5.69 Å². The van der Waals surface area contributed by atoms with Gasteiger partial charge < -0.3 is 19.7 Å². The summed E-state index contributed by atoms with van der Waals surface area (Å²) >= 11 is 6.00. The average molecular weight is 498 g/mol. The highest BCUT2D eigenvalue weighted by molar-refractivity contribution is 6.32. The van der Waals surface area contributed by atoms with E-state index in [1.54, 1.807) is 24.1 Å². The summed E-state index contributed by atoms with van der Waals surface area (Å²) in [7, 11) is 1.55. The molecule has 0 radical (unpaired) electrons. The number of para-hydroxylation sites is 1. The third-order valence-electron chi connectivity index (χ3n) is 5.94. The first-order chi connectivity index (χ1) is 16.9. The van der Waals surface area contributed by atoms with Crippen LogP contribution in [-0.4, -0.2) is 42.9 Å². The number of likely N-dealkylation sites (tertiary alicyclic amines) is 1. The number of nitrogens with zero attached hydrogens (tertiary/aromatic N) is 2. The Labute approximate surface area is 209 Å². The third kappa shape index (κ3) is 6.31. The fourth-order valence-electron chi connectivity index (χ4n) is 4.21. The van der Waals surface area contributed by atoms with Crippen LogP contribution in [0, 0.1) is 17.2 Å². The van der Waals surface area contributed by atoms with Crippen molar-refractivity contribution in [2.45, 2.75) is 38.6 Å². The predicted molar refractivity (Wildman–Crippen MR) is 131 cm³/mol. The van der Waals surface area contributed by atoms with Gasteiger partial charge in [0.1, 0.15) is 11.8 Å². The minimum atomic E-state index is -0.641. The van der Waals surface area contributed by atoms with Gasteiger partial charge in [-0.3, -0.25) is 14.4 Å². The van der Waals surface area contributed by atoms with E-state index in [9.17, 15) is 14.4 Å². The first-order valence-corrected chi connectivity index (χ1v) is 11.9. The largest absolute Gasteiger partial charge is 0.496 e. The van der Waals surface area contributed by atoms with Gasteiger partial charge in [-0.1, -0.05) is 43.1 Å². The van der Waals surface area contributed by atoms with Crippen LogP contribution in [0.3, 0.4) is 0 Å². The fourth-order valence-corrected chi connectivity index (χ4v) is 4.43. The fraction of sp³-hybridized carbons (Fsp3) is 0.385. The molecule has 1 aliphatic rings. The van der Waals surface area contributed by atoms with Crippen molar-refractivity contribution in [2.75, 3.05) is 25.6 Å². The number of anilines is 1. The molecule has 1 saturated heterocycles. The number of ether oxygens (including phenoxy) is 2. The summed E-state index contributed by atoms with van der Waals surface area (Å²) in [6, 6.07) is 13.2. The lowest BCUT2D eigenvalue weighted by molar-refractivity contribution is -0.159. The second kappa shape index (κ2) is 12.2. The molecule has 0 saturated carbocycles. The van der Waals surface area contributed by atoms with Gasteiger partial charge in [0.15, 0.2) is 6.61 Å². The van der Waals surface area contributed by atoms with E-state index in [0.29, 0.717) is 24.4 Å². The quantitative estimate of drug-likeness (QED) is 0.511. The topological polar surface area (TPSA) is 109 Å². The first-order valence-electron chi connectivity index (χ1n) is 11.5. The number of halogens is 1. The number of methoxy groups -OCH3 is 1. The molecular formula is C26H28ClN3O5. The highest BCUT2D eigenvalue weighted by Gasteiger charge is 2.42. The average Bonchev–Trinajstić information content (AvgIpc) is 2.86. The second-order valence-electron chi connectivity index (χ2n) is 8.23. The molecule has 1 aliphatic heterocycles. The van der Waals surface area contributed by atoms with Crippen LogP contribution in [0.2, 0.25) is 5.02 Å². The standard InChI is InChI=1S/C26H28ClN3O5/c1-3-4-13-30-24(32)12-11-20(25(30)19-7-5-6-8-22(19)34-2)26(33)35-16-23(31)29-18-10-9-17(15-28)21(27)14-18/h5-10,14,20,25H,3-4,11-13,16H2,1-2H3,(H,29,31). The Morgan fingerprint density at radius 2 is 2.03 bits per heavy atom. The van der Waals surface area contributed by atoms with Crippen molar-refractivity contribution >= 4 is 35.1 Å². The van der Waals surface area contributed by atoms with Crippen molar-refractivity contribution < 1.29 is 23.9 Å². The van der Waals surface area contributed by atoms with Crippen LogP contribution in [0.15, 0.2) is 42.5 Å². The van der Waals surface area contributed by atoms with Gasteiger partial charge in [-0.15, -0.1) is 0 Å². The van der Waals surface area contributed by atoms with E-state index < -0.39 is 30.4 Å². The summed E-state index contributed by atoms with van der Waals surface area (Å²) in [5.74, 6) is -1.17. The summed E-state index contributed by atoms with van der Waals surface area (Å²) in [5.41, 5.74) is 1.41. The van der Waals surface area contributed by atoms with Gasteiger partial charge in [0, 0.05) is 24.2 Å². The maximum atomic E-state index is 13.2. The molecule has 0 aliphatic carbocycles. The summed E-state index contributed by atoms with van der Waals surface area (Å²) < 4.78 is 10.9. The highest BCUT2D eigenvalue weighted by Crippen LogP contribution is 2.41. The Kier molecular flexibility index (Phi) is 9.10. The number of carbonyl (C=O) groups is 3. The summed E-state index contributed by atoms with van der Waals surface area (Å²) in [6.45, 7) is 2.06. The van der Waals surface area contributed by atoms with E-state index >= 15 is 0 Å². The molecule has 1 fully saturated rings. The maximum Gasteiger partial charge on any atom is 0.311 e. The number of rotatable bonds is 9. The zero-order chi connectivity index (χ0) is 25.4. The minimum absolute atomic E-state index is 0.0196. The molecule has 2 atom stereocenters. The smallest absolute Gasteiger partial charge is 0.311 e. The van der Waals surface area contributed by atoms with E-state index in [-0.39, 0.29) is 22.9 Å². The van der Waals surface area contributed by atoms with Gasteiger partial charge >= 0.3 is 5.97 Å². The molecule has 2 aromatic rings. The summed E-state index contributed by atoms with van der Waals surface area (Å²) in [4.78, 5) is 40.1. The minimum Gasteiger partial charge on any atom is -0.496 e. The van der Waals surface area contributed by atoms with Gasteiger partial charge in [0.2, 0.25) is 5.91 Å². The molecule has 8 nitrogen and oxygen atoms in total. The number of nitrogens with one attached hydrogen (secondary N) is 1. The van der Waals surface area contributed by atoms with E-state index in [1.165, 1.54) is 12.1 Å². The van der Waals surface area contributed by atoms with E-state index in [2.05, 4.69) is 5.32 Å². The Bertz CT molecular complexity index is 1130.